The molecule has 1 aromatic carbocycles. The highest BCUT2D eigenvalue weighted by molar-refractivity contribution is 6.37. The van der Waals surface area contributed by atoms with Gasteiger partial charge in [0.15, 0.2) is 5.78 Å². The molecule has 0 radical (unpaired) electrons. The average Bonchev–Trinajstić information content (AvgIpc) is 2.81. The van der Waals surface area contributed by atoms with E-state index in [1.54, 1.807) is 18.2 Å². The number of Topliss-reactive ketones (excluding diaryl/α,β-unsaturated/α-hetero) is 1. The van der Waals surface area contributed by atoms with Crippen molar-refractivity contribution in [2.75, 3.05) is 5.32 Å². The van der Waals surface area contributed by atoms with Gasteiger partial charge in [0.25, 0.3) is 5.91 Å². The third kappa shape index (κ3) is 1.58. The van der Waals surface area contributed by atoms with Crippen LogP contribution in [0.2, 0.25) is 5.02 Å². The number of rotatable bonds is 0. The zero-order valence-corrected chi connectivity index (χ0v) is 9.80. The van der Waals surface area contributed by atoms with Crippen molar-refractivity contribution in [2.45, 2.75) is 19.3 Å². The Kier molecular flexibility index (Phi) is 2.30. The number of nitrogens with one attached hydrogen (secondary N) is 1. The first-order valence-electron chi connectivity index (χ1n) is 5.54. The second-order valence-electron chi connectivity index (χ2n) is 4.27. The third-order valence-corrected chi connectivity index (χ3v) is 3.43. The van der Waals surface area contributed by atoms with Gasteiger partial charge < -0.3 is 5.32 Å². The summed E-state index contributed by atoms with van der Waals surface area (Å²) < 4.78 is 0. The van der Waals surface area contributed by atoms with E-state index in [-0.39, 0.29) is 11.7 Å². The summed E-state index contributed by atoms with van der Waals surface area (Å²) in [5.74, 6) is -0.101. The summed E-state index contributed by atoms with van der Waals surface area (Å²) in [5, 5.41) is 3.34. The van der Waals surface area contributed by atoms with Crippen LogP contribution < -0.4 is 5.32 Å². The second-order valence-corrected chi connectivity index (χ2v) is 4.71. The fourth-order valence-corrected chi connectivity index (χ4v) is 2.59. The lowest BCUT2D eigenvalue weighted by Crippen LogP contribution is -2.07. The van der Waals surface area contributed by atoms with Crippen molar-refractivity contribution in [3.8, 4) is 0 Å². The van der Waals surface area contributed by atoms with E-state index < -0.39 is 0 Å². The standard InChI is InChI=1S/C13H10ClNO2/c14-7-4-5-10-9(6-7)12(13(17)15-10)8-2-1-3-11(8)16/h4-6H,1-3H2,(H,15,17)/b12-8+. The number of carbonyl (C=O) groups excluding carboxylic acids is 2. The Balaban J connectivity index is 2.23. The first-order chi connectivity index (χ1) is 8.16. The first kappa shape index (κ1) is 10.5. The molecular formula is C13H10ClNO2. The Labute approximate surface area is 103 Å². The van der Waals surface area contributed by atoms with Gasteiger partial charge in [-0.2, -0.15) is 0 Å². The molecule has 0 aromatic heterocycles. The molecule has 3 nitrogen and oxygen atoms in total. The molecule has 1 heterocycles. The molecule has 1 aliphatic carbocycles. The van der Waals surface area contributed by atoms with Crippen LogP contribution in [-0.2, 0) is 9.59 Å². The van der Waals surface area contributed by atoms with Gasteiger partial charge in [-0.1, -0.05) is 11.6 Å². The highest BCUT2D eigenvalue weighted by Crippen LogP contribution is 2.38. The Morgan fingerprint density at radius 3 is 2.71 bits per heavy atom. The lowest BCUT2D eigenvalue weighted by molar-refractivity contribution is -0.115. The molecule has 1 amide bonds. The van der Waals surface area contributed by atoms with Gasteiger partial charge in [0, 0.05) is 28.3 Å². The van der Waals surface area contributed by atoms with Gasteiger partial charge in [0.1, 0.15) is 0 Å². The lowest BCUT2D eigenvalue weighted by Gasteiger charge is -2.02. The van der Waals surface area contributed by atoms with Gasteiger partial charge in [0.2, 0.25) is 0 Å². The molecule has 1 aliphatic heterocycles. The smallest absolute Gasteiger partial charge is 0.256 e. The molecule has 86 valence electrons. The second kappa shape index (κ2) is 3.70. The van der Waals surface area contributed by atoms with Gasteiger partial charge >= 0.3 is 0 Å². The molecule has 0 spiro atoms. The Morgan fingerprint density at radius 1 is 1.18 bits per heavy atom. The van der Waals surface area contributed by atoms with E-state index in [0.717, 1.165) is 17.7 Å². The van der Waals surface area contributed by atoms with Crippen LogP contribution in [0.15, 0.2) is 23.8 Å². The predicted molar refractivity (Wildman–Crippen MR) is 65.9 cm³/mol. The topological polar surface area (TPSA) is 46.2 Å². The fourth-order valence-electron chi connectivity index (χ4n) is 2.42. The SMILES string of the molecule is O=C1CCC/C1=C1\C(=O)Nc2ccc(Cl)cc21. The quantitative estimate of drug-likeness (QED) is 0.717. The number of carbonyl (C=O) groups is 2. The maximum absolute atomic E-state index is 11.9. The Morgan fingerprint density at radius 2 is 2.00 bits per heavy atom. The van der Waals surface area contributed by atoms with Crippen molar-refractivity contribution in [3.05, 3.63) is 34.4 Å². The molecule has 0 saturated heterocycles. The van der Waals surface area contributed by atoms with Gasteiger partial charge in [-0.05, 0) is 31.0 Å². The maximum atomic E-state index is 11.9. The molecule has 17 heavy (non-hydrogen) atoms. The van der Waals surface area contributed by atoms with Crippen molar-refractivity contribution >= 4 is 34.6 Å². The van der Waals surface area contributed by atoms with E-state index in [9.17, 15) is 9.59 Å². The maximum Gasteiger partial charge on any atom is 0.256 e. The van der Waals surface area contributed by atoms with E-state index >= 15 is 0 Å². The monoisotopic (exact) mass is 247 g/mol. The molecule has 0 bridgehead atoms. The summed E-state index contributed by atoms with van der Waals surface area (Å²) >= 11 is 5.93. The van der Waals surface area contributed by atoms with Crippen LogP contribution in [-0.4, -0.2) is 11.7 Å². The zero-order chi connectivity index (χ0) is 12.0. The van der Waals surface area contributed by atoms with E-state index in [2.05, 4.69) is 5.32 Å². The fraction of sp³-hybridized carbons (Fsp3) is 0.231. The van der Waals surface area contributed by atoms with Crippen LogP contribution in [0.25, 0.3) is 5.57 Å². The number of amides is 1. The molecular weight excluding hydrogens is 238 g/mol. The summed E-state index contributed by atoms with van der Waals surface area (Å²) in [6.07, 6.45) is 2.07. The number of anilines is 1. The van der Waals surface area contributed by atoms with Crippen LogP contribution in [0.5, 0.6) is 0 Å². The minimum Gasteiger partial charge on any atom is -0.321 e. The molecule has 0 unspecified atom stereocenters. The van der Waals surface area contributed by atoms with Crippen molar-refractivity contribution in [1.29, 1.82) is 0 Å². The number of hydrogen-bond donors (Lipinski definition) is 1. The van der Waals surface area contributed by atoms with E-state index in [1.807, 2.05) is 0 Å². The van der Waals surface area contributed by atoms with Crippen LogP contribution in [0.3, 0.4) is 0 Å². The first-order valence-corrected chi connectivity index (χ1v) is 5.92. The Hall–Kier alpha value is -1.61. The summed E-state index contributed by atoms with van der Waals surface area (Å²) in [4.78, 5) is 23.6. The summed E-state index contributed by atoms with van der Waals surface area (Å²) in [7, 11) is 0. The van der Waals surface area contributed by atoms with E-state index in [0.29, 0.717) is 29.0 Å². The van der Waals surface area contributed by atoms with Crippen molar-refractivity contribution in [1.82, 2.24) is 0 Å². The number of fused-ring (bicyclic) bond motifs is 1. The molecule has 1 saturated carbocycles. The minimum atomic E-state index is -0.187. The van der Waals surface area contributed by atoms with E-state index in [1.165, 1.54) is 0 Å². The number of ketones is 1. The number of allylic oxidation sites excluding steroid dienone is 1. The van der Waals surface area contributed by atoms with Gasteiger partial charge in [0.05, 0.1) is 5.57 Å². The summed E-state index contributed by atoms with van der Waals surface area (Å²) in [6.45, 7) is 0. The van der Waals surface area contributed by atoms with Crippen molar-refractivity contribution < 1.29 is 9.59 Å². The largest absolute Gasteiger partial charge is 0.321 e. The van der Waals surface area contributed by atoms with Crippen LogP contribution in [0.1, 0.15) is 24.8 Å². The predicted octanol–water partition coefficient (Wildman–Crippen LogP) is 2.80. The number of halogens is 1. The molecule has 4 heteroatoms. The molecule has 1 fully saturated rings. The van der Waals surface area contributed by atoms with Crippen molar-refractivity contribution in [3.63, 3.8) is 0 Å². The normalized spacial score (nSPS) is 22.9. The highest BCUT2D eigenvalue weighted by atomic mass is 35.5. The zero-order valence-electron chi connectivity index (χ0n) is 9.05. The average molecular weight is 248 g/mol. The number of hydrogen-bond acceptors (Lipinski definition) is 2. The molecule has 1 aromatic rings. The van der Waals surface area contributed by atoms with Crippen molar-refractivity contribution in [2.24, 2.45) is 0 Å². The van der Waals surface area contributed by atoms with Gasteiger partial charge in [-0.15, -0.1) is 0 Å². The van der Waals surface area contributed by atoms with Gasteiger partial charge in [-0.25, -0.2) is 0 Å². The molecule has 2 aliphatic rings. The summed E-state index contributed by atoms with van der Waals surface area (Å²) in [6, 6.07) is 5.23. The third-order valence-electron chi connectivity index (χ3n) is 3.20. The van der Waals surface area contributed by atoms with Crippen LogP contribution in [0.4, 0.5) is 5.69 Å². The molecule has 0 atom stereocenters. The minimum absolute atomic E-state index is 0.0861. The van der Waals surface area contributed by atoms with Crippen LogP contribution >= 0.6 is 11.6 Å². The highest BCUT2D eigenvalue weighted by Gasteiger charge is 2.31. The van der Waals surface area contributed by atoms with Gasteiger partial charge in [-0.3, -0.25) is 9.59 Å². The van der Waals surface area contributed by atoms with E-state index in [4.69, 9.17) is 11.6 Å². The summed E-state index contributed by atoms with van der Waals surface area (Å²) in [5.41, 5.74) is 2.67. The number of benzene rings is 1. The molecule has 3 rings (SSSR count). The Bertz CT molecular complexity index is 575. The van der Waals surface area contributed by atoms with Crippen LogP contribution in [0, 0.1) is 0 Å². The molecule has 1 N–H and O–H groups in total. The lowest BCUT2D eigenvalue weighted by atomic mass is 9.99.